The standard InChI is InChI=1S/C16H13Br2FO2/c17-10-16(12-3-5-13(18)6-4-12)20-9-15(21-16)11-1-7-14(19)8-2-11/h1-8,15H,9-10H2/t15-,16-/m1/s1. The highest BCUT2D eigenvalue weighted by molar-refractivity contribution is 9.10. The lowest BCUT2D eigenvalue weighted by Gasteiger charge is -2.26. The minimum Gasteiger partial charge on any atom is -0.342 e. The summed E-state index contributed by atoms with van der Waals surface area (Å²) in [6.07, 6.45) is -0.202. The summed E-state index contributed by atoms with van der Waals surface area (Å²) in [5, 5.41) is 0.527. The summed E-state index contributed by atoms with van der Waals surface area (Å²) >= 11 is 6.90. The van der Waals surface area contributed by atoms with Crippen LogP contribution in [0, 0.1) is 5.82 Å². The molecule has 2 atom stereocenters. The van der Waals surface area contributed by atoms with E-state index < -0.39 is 5.79 Å². The highest BCUT2D eigenvalue weighted by atomic mass is 79.9. The Morgan fingerprint density at radius 2 is 1.76 bits per heavy atom. The summed E-state index contributed by atoms with van der Waals surface area (Å²) in [4.78, 5) is 0. The zero-order valence-corrected chi connectivity index (χ0v) is 14.2. The van der Waals surface area contributed by atoms with E-state index in [2.05, 4.69) is 31.9 Å². The van der Waals surface area contributed by atoms with Crippen molar-refractivity contribution in [2.75, 3.05) is 11.9 Å². The van der Waals surface area contributed by atoms with E-state index in [1.54, 1.807) is 12.1 Å². The Labute approximate surface area is 139 Å². The van der Waals surface area contributed by atoms with Gasteiger partial charge in [-0.2, -0.15) is 0 Å². The number of halogens is 3. The van der Waals surface area contributed by atoms with Crippen LogP contribution in [0.5, 0.6) is 0 Å². The SMILES string of the molecule is Fc1ccc([C@H]2CO[C@@](CBr)(c3ccc(Br)cc3)O2)cc1. The van der Waals surface area contributed by atoms with Gasteiger partial charge in [0, 0.05) is 10.0 Å². The van der Waals surface area contributed by atoms with Crippen molar-refractivity contribution in [1.29, 1.82) is 0 Å². The van der Waals surface area contributed by atoms with Gasteiger partial charge in [0.05, 0.1) is 11.9 Å². The normalized spacial score (nSPS) is 25.2. The molecule has 1 aliphatic heterocycles. The molecule has 1 fully saturated rings. The number of benzene rings is 2. The number of rotatable bonds is 3. The molecule has 0 aliphatic carbocycles. The van der Waals surface area contributed by atoms with E-state index in [1.165, 1.54) is 12.1 Å². The maximum atomic E-state index is 13.0. The zero-order chi connectivity index (χ0) is 14.9. The van der Waals surface area contributed by atoms with Crippen LogP contribution in [0.4, 0.5) is 4.39 Å². The Balaban J connectivity index is 1.85. The first-order chi connectivity index (χ1) is 10.1. The minimum absolute atomic E-state index is 0.202. The Hall–Kier alpha value is -0.750. The molecule has 0 saturated carbocycles. The molecular weight excluding hydrogens is 403 g/mol. The summed E-state index contributed by atoms with van der Waals surface area (Å²) < 4.78 is 26.1. The molecule has 0 bridgehead atoms. The zero-order valence-electron chi connectivity index (χ0n) is 11.1. The average Bonchev–Trinajstić information content (AvgIpc) is 2.94. The molecule has 21 heavy (non-hydrogen) atoms. The predicted octanol–water partition coefficient (Wildman–Crippen LogP) is 4.92. The maximum absolute atomic E-state index is 13.0. The molecule has 5 heteroatoms. The summed E-state index contributed by atoms with van der Waals surface area (Å²) in [5.74, 6) is -1.06. The van der Waals surface area contributed by atoms with E-state index in [9.17, 15) is 4.39 Å². The van der Waals surface area contributed by atoms with Gasteiger partial charge in [-0.3, -0.25) is 0 Å². The predicted molar refractivity (Wildman–Crippen MR) is 85.8 cm³/mol. The molecule has 3 rings (SSSR count). The minimum atomic E-state index is -0.806. The van der Waals surface area contributed by atoms with E-state index >= 15 is 0 Å². The van der Waals surface area contributed by atoms with Crippen molar-refractivity contribution in [3.8, 4) is 0 Å². The molecule has 0 unspecified atom stereocenters. The molecule has 1 aliphatic rings. The van der Waals surface area contributed by atoms with E-state index in [-0.39, 0.29) is 11.9 Å². The molecule has 0 aromatic heterocycles. The maximum Gasteiger partial charge on any atom is 0.205 e. The molecule has 2 nitrogen and oxygen atoms in total. The smallest absolute Gasteiger partial charge is 0.205 e. The first-order valence-corrected chi connectivity index (χ1v) is 8.44. The monoisotopic (exact) mass is 414 g/mol. The van der Waals surface area contributed by atoms with Crippen LogP contribution >= 0.6 is 31.9 Å². The highest BCUT2D eigenvalue weighted by Gasteiger charge is 2.42. The molecule has 2 aromatic carbocycles. The van der Waals surface area contributed by atoms with Gasteiger partial charge in [0.1, 0.15) is 11.9 Å². The fourth-order valence-corrected chi connectivity index (χ4v) is 3.23. The van der Waals surface area contributed by atoms with Gasteiger partial charge in [0.2, 0.25) is 5.79 Å². The third kappa shape index (κ3) is 3.06. The molecule has 110 valence electrons. The van der Waals surface area contributed by atoms with Gasteiger partial charge >= 0.3 is 0 Å². The van der Waals surface area contributed by atoms with Crippen LogP contribution in [0.25, 0.3) is 0 Å². The van der Waals surface area contributed by atoms with Crippen LogP contribution in [-0.4, -0.2) is 11.9 Å². The van der Waals surface area contributed by atoms with Crippen molar-refractivity contribution >= 4 is 31.9 Å². The van der Waals surface area contributed by atoms with Crippen LogP contribution in [0.1, 0.15) is 17.2 Å². The molecule has 0 radical (unpaired) electrons. The molecule has 1 saturated heterocycles. The molecule has 0 N–H and O–H groups in total. The Morgan fingerprint density at radius 1 is 1.10 bits per heavy atom. The molecule has 0 amide bonds. The number of hydrogen-bond acceptors (Lipinski definition) is 2. The Bertz CT molecular complexity index is 615. The topological polar surface area (TPSA) is 18.5 Å². The van der Waals surface area contributed by atoms with Crippen molar-refractivity contribution in [2.24, 2.45) is 0 Å². The van der Waals surface area contributed by atoms with Gasteiger partial charge in [0.15, 0.2) is 0 Å². The lowest BCUT2D eigenvalue weighted by Crippen LogP contribution is -2.29. The van der Waals surface area contributed by atoms with Crippen LogP contribution < -0.4 is 0 Å². The Morgan fingerprint density at radius 3 is 2.38 bits per heavy atom. The highest BCUT2D eigenvalue weighted by Crippen LogP contribution is 2.41. The molecule has 0 spiro atoms. The third-order valence-electron chi connectivity index (χ3n) is 3.50. The largest absolute Gasteiger partial charge is 0.342 e. The lowest BCUT2D eigenvalue weighted by atomic mass is 10.1. The van der Waals surface area contributed by atoms with Crippen molar-refractivity contribution in [3.05, 3.63) is 69.9 Å². The van der Waals surface area contributed by atoms with Gasteiger partial charge < -0.3 is 9.47 Å². The lowest BCUT2D eigenvalue weighted by molar-refractivity contribution is -0.157. The van der Waals surface area contributed by atoms with Crippen LogP contribution in [-0.2, 0) is 15.3 Å². The quantitative estimate of drug-likeness (QED) is 0.662. The summed E-state index contributed by atoms with van der Waals surface area (Å²) in [6.45, 7) is 0.438. The van der Waals surface area contributed by atoms with E-state index in [4.69, 9.17) is 9.47 Å². The second-order valence-corrected chi connectivity index (χ2v) is 6.34. The van der Waals surface area contributed by atoms with Gasteiger partial charge in [-0.15, -0.1) is 0 Å². The van der Waals surface area contributed by atoms with E-state index in [0.717, 1.165) is 15.6 Å². The number of ether oxygens (including phenoxy) is 2. The Kier molecular flexibility index (Phi) is 4.45. The molecular formula is C16H13Br2FO2. The van der Waals surface area contributed by atoms with E-state index in [1.807, 2.05) is 24.3 Å². The first kappa shape index (κ1) is 15.2. The van der Waals surface area contributed by atoms with Crippen molar-refractivity contribution in [3.63, 3.8) is 0 Å². The van der Waals surface area contributed by atoms with Gasteiger partial charge in [-0.1, -0.05) is 56.1 Å². The third-order valence-corrected chi connectivity index (χ3v) is 4.77. The summed E-state index contributed by atoms with van der Waals surface area (Å²) in [6, 6.07) is 14.2. The fraction of sp³-hybridized carbons (Fsp3) is 0.250. The second kappa shape index (κ2) is 6.16. The van der Waals surface area contributed by atoms with Gasteiger partial charge in [-0.05, 0) is 29.8 Å². The van der Waals surface area contributed by atoms with E-state index in [0.29, 0.717) is 11.9 Å². The van der Waals surface area contributed by atoms with Crippen molar-refractivity contribution in [1.82, 2.24) is 0 Å². The molecule has 2 aromatic rings. The first-order valence-electron chi connectivity index (χ1n) is 6.52. The molecule has 1 heterocycles. The van der Waals surface area contributed by atoms with Gasteiger partial charge in [-0.25, -0.2) is 4.39 Å². The second-order valence-electron chi connectivity index (χ2n) is 4.86. The van der Waals surface area contributed by atoms with Crippen LogP contribution in [0.2, 0.25) is 0 Å². The van der Waals surface area contributed by atoms with Crippen molar-refractivity contribution < 1.29 is 13.9 Å². The van der Waals surface area contributed by atoms with Crippen molar-refractivity contribution in [2.45, 2.75) is 11.9 Å². The number of hydrogen-bond donors (Lipinski definition) is 0. The fourth-order valence-electron chi connectivity index (χ4n) is 2.35. The van der Waals surface area contributed by atoms with Gasteiger partial charge in [0.25, 0.3) is 0 Å². The van der Waals surface area contributed by atoms with Crippen LogP contribution in [0.3, 0.4) is 0 Å². The summed E-state index contributed by atoms with van der Waals surface area (Å²) in [7, 11) is 0. The summed E-state index contributed by atoms with van der Waals surface area (Å²) in [5.41, 5.74) is 1.86. The average molecular weight is 416 g/mol. The van der Waals surface area contributed by atoms with Crippen LogP contribution in [0.15, 0.2) is 53.0 Å². The number of alkyl halides is 1.